The highest BCUT2D eigenvalue weighted by molar-refractivity contribution is 6.35. The Hall–Kier alpha value is -2.86. The fourth-order valence-electron chi connectivity index (χ4n) is 5.04. The topological polar surface area (TPSA) is 61.4 Å². The van der Waals surface area contributed by atoms with Crippen LogP contribution >= 0.6 is 23.2 Å². The van der Waals surface area contributed by atoms with Crippen molar-refractivity contribution in [1.82, 2.24) is 15.5 Å². The largest absolute Gasteiger partial charge is 0.358 e. The fourth-order valence-corrected chi connectivity index (χ4v) is 5.58. The van der Waals surface area contributed by atoms with Crippen LogP contribution in [0, 0.1) is 5.92 Å². The lowest BCUT2D eigenvalue weighted by atomic mass is 9.87. The fraction of sp³-hybridized carbons (Fsp3) is 0.333. The summed E-state index contributed by atoms with van der Waals surface area (Å²) in [7, 11) is 0. The number of nitrogens with one attached hydrogen (secondary N) is 2. The Morgan fingerprint density at radius 3 is 2.43 bits per heavy atom. The lowest BCUT2D eigenvalue weighted by Gasteiger charge is -2.40. The molecular formula is C30H33Cl2N3O2. The minimum atomic E-state index is -0.0444. The minimum Gasteiger partial charge on any atom is -0.358 e. The zero-order valence-corrected chi connectivity index (χ0v) is 22.3. The molecule has 2 N–H and O–H groups in total. The number of halogens is 2. The van der Waals surface area contributed by atoms with Crippen molar-refractivity contribution in [2.24, 2.45) is 5.92 Å². The highest BCUT2D eigenvalue weighted by Gasteiger charge is 2.35. The van der Waals surface area contributed by atoms with Gasteiger partial charge in [-0.15, -0.1) is 0 Å². The molecule has 2 heterocycles. The first-order valence-corrected chi connectivity index (χ1v) is 13.6. The Kier molecular flexibility index (Phi) is 10.0. The van der Waals surface area contributed by atoms with E-state index in [2.05, 4.69) is 10.6 Å². The second kappa shape index (κ2) is 13.6. The third-order valence-electron chi connectivity index (χ3n) is 7.02. The van der Waals surface area contributed by atoms with E-state index in [9.17, 15) is 9.59 Å². The summed E-state index contributed by atoms with van der Waals surface area (Å²) in [6.07, 6.45) is 4.62. The van der Waals surface area contributed by atoms with Gasteiger partial charge in [0, 0.05) is 28.7 Å². The summed E-state index contributed by atoms with van der Waals surface area (Å²) in [5, 5.41) is 7.26. The van der Waals surface area contributed by atoms with Crippen molar-refractivity contribution < 1.29 is 9.59 Å². The minimum absolute atomic E-state index is 0.0444. The van der Waals surface area contributed by atoms with Crippen LogP contribution in [-0.2, 0) is 17.6 Å². The molecule has 194 valence electrons. The molecular weight excluding hydrogens is 505 g/mol. The van der Waals surface area contributed by atoms with E-state index in [0.717, 1.165) is 68.4 Å². The van der Waals surface area contributed by atoms with Crippen molar-refractivity contribution in [3.8, 4) is 0 Å². The molecule has 3 aromatic rings. The maximum absolute atomic E-state index is 13.3. The Morgan fingerprint density at radius 2 is 1.70 bits per heavy atom. The maximum atomic E-state index is 13.3. The van der Waals surface area contributed by atoms with Crippen molar-refractivity contribution in [3.05, 3.63) is 105 Å². The predicted octanol–water partition coefficient (Wildman–Crippen LogP) is 5.71. The summed E-state index contributed by atoms with van der Waals surface area (Å²) < 4.78 is 0. The van der Waals surface area contributed by atoms with E-state index in [1.807, 2.05) is 71.6 Å². The van der Waals surface area contributed by atoms with Gasteiger partial charge < -0.3 is 15.5 Å². The second-order valence-electron chi connectivity index (χ2n) is 9.50. The third kappa shape index (κ3) is 7.35. The summed E-state index contributed by atoms with van der Waals surface area (Å²) in [6, 6.07) is 23.5. The Labute approximate surface area is 229 Å². The van der Waals surface area contributed by atoms with Crippen LogP contribution in [0.5, 0.6) is 0 Å². The maximum Gasteiger partial charge on any atom is 0.254 e. The predicted molar refractivity (Wildman–Crippen MR) is 150 cm³/mol. The van der Waals surface area contributed by atoms with Crippen LogP contribution in [0.3, 0.4) is 0 Å². The van der Waals surface area contributed by atoms with Gasteiger partial charge >= 0.3 is 0 Å². The van der Waals surface area contributed by atoms with E-state index in [-0.39, 0.29) is 11.9 Å². The molecule has 5 rings (SSSR count). The monoisotopic (exact) mass is 537 g/mol. The van der Waals surface area contributed by atoms with Crippen LogP contribution in [0.1, 0.15) is 45.9 Å². The van der Waals surface area contributed by atoms with Gasteiger partial charge in [-0.2, -0.15) is 0 Å². The van der Waals surface area contributed by atoms with E-state index in [1.165, 1.54) is 5.56 Å². The van der Waals surface area contributed by atoms with Gasteiger partial charge in [-0.3, -0.25) is 9.59 Å². The van der Waals surface area contributed by atoms with Crippen molar-refractivity contribution in [2.45, 2.75) is 31.7 Å². The average molecular weight is 539 g/mol. The normalized spacial score (nSPS) is 17.4. The number of piperidine rings is 1. The highest BCUT2D eigenvalue weighted by Crippen LogP contribution is 2.38. The smallest absolute Gasteiger partial charge is 0.254 e. The van der Waals surface area contributed by atoms with Gasteiger partial charge in [0.25, 0.3) is 5.91 Å². The molecule has 3 aromatic carbocycles. The number of amides is 2. The van der Waals surface area contributed by atoms with Crippen LogP contribution < -0.4 is 10.6 Å². The summed E-state index contributed by atoms with van der Waals surface area (Å²) in [5.74, 6) is 0.639. The van der Waals surface area contributed by atoms with Crippen molar-refractivity contribution >= 4 is 35.5 Å². The molecule has 7 heteroatoms. The molecule has 1 atom stereocenters. The second-order valence-corrected chi connectivity index (χ2v) is 10.3. The van der Waals surface area contributed by atoms with Crippen molar-refractivity contribution in [1.29, 1.82) is 0 Å². The molecule has 2 aliphatic rings. The van der Waals surface area contributed by atoms with Gasteiger partial charge in [-0.05, 0) is 79.6 Å². The van der Waals surface area contributed by atoms with Crippen LogP contribution in [0.25, 0.3) is 0 Å². The van der Waals surface area contributed by atoms with Gasteiger partial charge in [0.15, 0.2) is 0 Å². The van der Waals surface area contributed by atoms with E-state index < -0.39 is 0 Å². The molecule has 0 bridgehead atoms. The van der Waals surface area contributed by atoms with Crippen LogP contribution in [0.4, 0.5) is 0 Å². The lowest BCUT2D eigenvalue weighted by Crippen LogP contribution is -2.44. The van der Waals surface area contributed by atoms with E-state index >= 15 is 0 Å². The first-order valence-electron chi connectivity index (χ1n) is 12.8. The first-order chi connectivity index (χ1) is 18.1. The highest BCUT2D eigenvalue weighted by atomic mass is 35.5. The molecule has 2 amide bonds. The molecule has 0 aliphatic carbocycles. The van der Waals surface area contributed by atoms with E-state index in [1.54, 1.807) is 6.07 Å². The van der Waals surface area contributed by atoms with Crippen LogP contribution in [-0.4, -0.2) is 43.4 Å². The number of rotatable bonds is 7. The summed E-state index contributed by atoms with van der Waals surface area (Å²) in [4.78, 5) is 25.2. The summed E-state index contributed by atoms with van der Waals surface area (Å²) >= 11 is 12.6. The number of hydrogen-bond acceptors (Lipinski definition) is 3. The molecule has 0 spiro atoms. The number of carbonyl (C=O) groups is 2. The number of hydrogen-bond donors (Lipinski definition) is 2. The van der Waals surface area contributed by atoms with Crippen LogP contribution in [0.2, 0.25) is 10.0 Å². The zero-order valence-electron chi connectivity index (χ0n) is 20.8. The lowest BCUT2D eigenvalue weighted by molar-refractivity contribution is -0.109. The SMILES string of the molecule is O=C1c2ccccc2CC(c2ccc(Cl)cc2Cl)N1CC1CCNCC1.O=CNCCc1ccccc1. The number of fused-ring (bicyclic) bond motifs is 1. The van der Waals surface area contributed by atoms with Gasteiger partial charge in [-0.1, -0.05) is 77.8 Å². The van der Waals surface area contributed by atoms with Gasteiger partial charge in [0.2, 0.25) is 6.41 Å². The molecule has 37 heavy (non-hydrogen) atoms. The average Bonchev–Trinajstić information content (AvgIpc) is 2.92. The zero-order chi connectivity index (χ0) is 26.0. The van der Waals surface area contributed by atoms with E-state index in [4.69, 9.17) is 23.2 Å². The van der Waals surface area contributed by atoms with Crippen molar-refractivity contribution in [3.63, 3.8) is 0 Å². The Balaban J connectivity index is 0.000000245. The molecule has 2 aliphatic heterocycles. The molecule has 0 saturated carbocycles. The standard InChI is InChI=1S/C21H22Cl2N2O.C9H11NO/c22-16-5-6-18(19(23)12-16)20-11-15-3-1-2-4-17(15)21(26)25(20)13-14-7-9-24-10-8-14;11-8-10-7-6-9-4-2-1-3-5-9/h1-6,12,14,20,24H,7-11,13H2;1-5,8H,6-7H2,(H,10,11). The third-order valence-corrected chi connectivity index (χ3v) is 7.58. The molecule has 0 aromatic heterocycles. The van der Waals surface area contributed by atoms with Gasteiger partial charge in [-0.25, -0.2) is 0 Å². The summed E-state index contributed by atoms with van der Waals surface area (Å²) in [5.41, 5.74) is 4.15. The summed E-state index contributed by atoms with van der Waals surface area (Å²) in [6.45, 7) is 3.54. The van der Waals surface area contributed by atoms with Gasteiger partial charge in [0.05, 0.1) is 6.04 Å². The molecule has 1 fully saturated rings. The number of carbonyl (C=O) groups excluding carboxylic acids is 2. The van der Waals surface area contributed by atoms with Crippen molar-refractivity contribution in [2.75, 3.05) is 26.2 Å². The van der Waals surface area contributed by atoms with Gasteiger partial charge in [0.1, 0.15) is 0 Å². The molecule has 1 unspecified atom stereocenters. The number of nitrogens with zero attached hydrogens (tertiary/aromatic N) is 1. The Bertz CT molecular complexity index is 1180. The first kappa shape index (κ1) is 27.2. The number of benzene rings is 3. The van der Waals surface area contributed by atoms with Crippen LogP contribution in [0.15, 0.2) is 72.8 Å². The quantitative estimate of drug-likeness (QED) is 0.299. The molecule has 5 nitrogen and oxygen atoms in total. The van der Waals surface area contributed by atoms with E-state index in [0.29, 0.717) is 22.5 Å². The molecule has 0 radical (unpaired) electrons. The Morgan fingerprint density at radius 1 is 0.973 bits per heavy atom. The molecule has 1 saturated heterocycles.